The van der Waals surface area contributed by atoms with E-state index in [0.717, 1.165) is 18.6 Å². The molecule has 0 saturated carbocycles. The number of nitrogens with zero attached hydrogens (tertiary/aromatic N) is 2. The lowest BCUT2D eigenvalue weighted by Crippen LogP contribution is -2.27. The topological polar surface area (TPSA) is 35.0 Å². The van der Waals surface area contributed by atoms with E-state index < -0.39 is 0 Å². The second kappa shape index (κ2) is 4.21. The van der Waals surface area contributed by atoms with Crippen molar-refractivity contribution in [1.82, 2.24) is 9.97 Å². The van der Waals surface area contributed by atoms with Gasteiger partial charge in [0.2, 0.25) is 0 Å². The summed E-state index contributed by atoms with van der Waals surface area (Å²) in [4.78, 5) is 7.79. The van der Waals surface area contributed by atoms with Crippen molar-refractivity contribution in [3.8, 4) is 5.75 Å². The van der Waals surface area contributed by atoms with Crippen LogP contribution >= 0.6 is 0 Å². The molecule has 0 amide bonds. The molecule has 0 aliphatic rings. The Labute approximate surface area is 79.2 Å². The van der Waals surface area contributed by atoms with Crippen LogP contribution < -0.4 is 4.74 Å². The second-order valence-corrected chi connectivity index (χ2v) is 3.69. The van der Waals surface area contributed by atoms with Crippen LogP contribution in [0.3, 0.4) is 0 Å². The molecule has 0 aliphatic carbocycles. The van der Waals surface area contributed by atoms with Gasteiger partial charge in [0.15, 0.2) is 5.75 Å². The SMILES string of the molecule is CCCC(C)(C)Oc1cncnc1. The van der Waals surface area contributed by atoms with Gasteiger partial charge < -0.3 is 4.74 Å². The molecule has 0 atom stereocenters. The van der Waals surface area contributed by atoms with Gasteiger partial charge in [0.1, 0.15) is 11.9 Å². The molecule has 72 valence electrons. The summed E-state index contributed by atoms with van der Waals surface area (Å²) in [7, 11) is 0. The zero-order valence-corrected chi connectivity index (χ0v) is 8.45. The van der Waals surface area contributed by atoms with Crippen molar-refractivity contribution in [1.29, 1.82) is 0 Å². The maximum atomic E-state index is 5.72. The van der Waals surface area contributed by atoms with Crippen molar-refractivity contribution in [3.05, 3.63) is 18.7 Å². The van der Waals surface area contributed by atoms with Crippen LogP contribution in [-0.2, 0) is 0 Å². The fourth-order valence-electron chi connectivity index (χ4n) is 1.31. The van der Waals surface area contributed by atoms with Gasteiger partial charge in [-0.25, -0.2) is 9.97 Å². The predicted octanol–water partition coefficient (Wildman–Crippen LogP) is 2.43. The lowest BCUT2D eigenvalue weighted by Gasteiger charge is -2.25. The van der Waals surface area contributed by atoms with Gasteiger partial charge in [0, 0.05) is 0 Å². The quantitative estimate of drug-likeness (QED) is 0.713. The van der Waals surface area contributed by atoms with Crippen LogP contribution in [0.2, 0.25) is 0 Å². The van der Waals surface area contributed by atoms with Crippen molar-refractivity contribution in [3.63, 3.8) is 0 Å². The number of rotatable bonds is 4. The molecule has 0 aromatic carbocycles. The van der Waals surface area contributed by atoms with E-state index in [0.29, 0.717) is 0 Å². The van der Waals surface area contributed by atoms with Gasteiger partial charge in [-0.2, -0.15) is 0 Å². The van der Waals surface area contributed by atoms with Gasteiger partial charge in [-0.15, -0.1) is 0 Å². The van der Waals surface area contributed by atoms with E-state index in [1.807, 2.05) is 0 Å². The summed E-state index contributed by atoms with van der Waals surface area (Å²) in [5.41, 5.74) is -0.126. The predicted molar refractivity (Wildman–Crippen MR) is 51.6 cm³/mol. The van der Waals surface area contributed by atoms with Crippen LogP contribution in [0.15, 0.2) is 18.7 Å². The molecule has 3 nitrogen and oxygen atoms in total. The van der Waals surface area contributed by atoms with Crippen molar-refractivity contribution < 1.29 is 4.74 Å². The Morgan fingerprint density at radius 1 is 1.31 bits per heavy atom. The molecule has 3 heteroatoms. The standard InChI is InChI=1S/C10H16N2O/c1-4-5-10(2,3)13-9-6-11-8-12-7-9/h6-8H,4-5H2,1-3H3. The maximum absolute atomic E-state index is 5.72. The summed E-state index contributed by atoms with van der Waals surface area (Å²) < 4.78 is 5.72. The largest absolute Gasteiger partial charge is 0.485 e. The molecule has 0 bridgehead atoms. The Bertz CT molecular complexity index is 246. The molecule has 0 aliphatic heterocycles. The minimum Gasteiger partial charge on any atom is -0.485 e. The average molecular weight is 180 g/mol. The summed E-state index contributed by atoms with van der Waals surface area (Å²) in [6, 6.07) is 0. The summed E-state index contributed by atoms with van der Waals surface area (Å²) in [5, 5.41) is 0. The highest BCUT2D eigenvalue weighted by Gasteiger charge is 2.18. The second-order valence-electron chi connectivity index (χ2n) is 3.69. The van der Waals surface area contributed by atoms with E-state index in [2.05, 4.69) is 30.7 Å². The highest BCUT2D eigenvalue weighted by Crippen LogP contribution is 2.20. The van der Waals surface area contributed by atoms with E-state index in [1.165, 1.54) is 6.33 Å². The first-order valence-corrected chi connectivity index (χ1v) is 4.58. The van der Waals surface area contributed by atoms with Crippen molar-refractivity contribution in [2.24, 2.45) is 0 Å². The molecule has 13 heavy (non-hydrogen) atoms. The van der Waals surface area contributed by atoms with Crippen molar-refractivity contribution in [2.45, 2.75) is 39.2 Å². The Hall–Kier alpha value is -1.12. The summed E-state index contributed by atoms with van der Waals surface area (Å²) >= 11 is 0. The van der Waals surface area contributed by atoms with Crippen molar-refractivity contribution >= 4 is 0 Å². The monoisotopic (exact) mass is 180 g/mol. The van der Waals surface area contributed by atoms with Gasteiger partial charge in [-0.05, 0) is 20.3 Å². The molecule has 0 unspecified atom stereocenters. The molecule has 0 fully saturated rings. The van der Waals surface area contributed by atoms with Gasteiger partial charge in [-0.3, -0.25) is 0 Å². The fourth-order valence-corrected chi connectivity index (χ4v) is 1.31. The third-order valence-electron chi connectivity index (χ3n) is 1.78. The first kappa shape index (κ1) is 9.96. The van der Waals surface area contributed by atoms with Crippen LogP contribution in [0.4, 0.5) is 0 Å². The van der Waals surface area contributed by atoms with Crippen LogP contribution in [0.1, 0.15) is 33.6 Å². The first-order valence-electron chi connectivity index (χ1n) is 4.58. The maximum Gasteiger partial charge on any atom is 0.156 e. The van der Waals surface area contributed by atoms with E-state index in [4.69, 9.17) is 4.74 Å². The molecule has 1 heterocycles. The van der Waals surface area contributed by atoms with Crippen LogP contribution in [-0.4, -0.2) is 15.6 Å². The summed E-state index contributed by atoms with van der Waals surface area (Å²) in [5.74, 6) is 0.737. The fraction of sp³-hybridized carbons (Fsp3) is 0.600. The van der Waals surface area contributed by atoms with Crippen LogP contribution in [0.25, 0.3) is 0 Å². The number of hydrogen-bond donors (Lipinski definition) is 0. The Kier molecular flexibility index (Phi) is 3.23. The minimum atomic E-state index is -0.126. The lowest BCUT2D eigenvalue weighted by atomic mass is 10.0. The number of aromatic nitrogens is 2. The summed E-state index contributed by atoms with van der Waals surface area (Å²) in [6.07, 6.45) is 7.01. The third-order valence-corrected chi connectivity index (χ3v) is 1.78. The Morgan fingerprint density at radius 2 is 1.92 bits per heavy atom. The minimum absolute atomic E-state index is 0.126. The van der Waals surface area contributed by atoms with Gasteiger partial charge in [0.25, 0.3) is 0 Å². The molecule has 0 saturated heterocycles. The molecule has 0 spiro atoms. The van der Waals surface area contributed by atoms with Crippen LogP contribution in [0.5, 0.6) is 5.75 Å². The third kappa shape index (κ3) is 3.40. The van der Waals surface area contributed by atoms with Gasteiger partial charge in [-0.1, -0.05) is 13.3 Å². The van der Waals surface area contributed by atoms with Crippen molar-refractivity contribution in [2.75, 3.05) is 0 Å². The molecule has 1 aromatic rings. The molecule has 1 rings (SSSR count). The van der Waals surface area contributed by atoms with E-state index >= 15 is 0 Å². The van der Waals surface area contributed by atoms with Gasteiger partial charge in [0.05, 0.1) is 12.4 Å². The highest BCUT2D eigenvalue weighted by molar-refractivity contribution is 5.11. The lowest BCUT2D eigenvalue weighted by molar-refractivity contribution is 0.0975. The van der Waals surface area contributed by atoms with Gasteiger partial charge >= 0.3 is 0 Å². The Morgan fingerprint density at radius 3 is 2.46 bits per heavy atom. The normalized spacial score (nSPS) is 11.3. The smallest absolute Gasteiger partial charge is 0.156 e. The first-order chi connectivity index (χ1) is 6.14. The molecule has 0 N–H and O–H groups in total. The zero-order chi connectivity index (χ0) is 9.73. The number of hydrogen-bond acceptors (Lipinski definition) is 3. The average Bonchev–Trinajstić information content (AvgIpc) is 2.04. The Balaban J connectivity index is 2.58. The number of ether oxygens (including phenoxy) is 1. The van der Waals surface area contributed by atoms with E-state index in [-0.39, 0.29) is 5.60 Å². The molecular weight excluding hydrogens is 164 g/mol. The zero-order valence-electron chi connectivity index (χ0n) is 8.45. The van der Waals surface area contributed by atoms with Crippen LogP contribution in [0, 0.1) is 0 Å². The van der Waals surface area contributed by atoms with E-state index in [9.17, 15) is 0 Å². The summed E-state index contributed by atoms with van der Waals surface area (Å²) in [6.45, 7) is 6.29. The molecular formula is C10H16N2O. The molecule has 0 radical (unpaired) electrons. The highest BCUT2D eigenvalue weighted by atomic mass is 16.5. The van der Waals surface area contributed by atoms with E-state index in [1.54, 1.807) is 12.4 Å². The molecule has 1 aromatic heterocycles.